The number of piperidine rings is 1. The first-order valence-corrected chi connectivity index (χ1v) is 8.13. The molecule has 4 rings (SSSR count). The lowest BCUT2D eigenvalue weighted by atomic mass is 10.0. The maximum absolute atomic E-state index is 11.3. The summed E-state index contributed by atoms with van der Waals surface area (Å²) in [7, 11) is 0. The van der Waals surface area contributed by atoms with Gasteiger partial charge in [-0.2, -0.15) is 4.98 Å². The van der Waals surface area contributed by atoms with Gasteiger partial charge in [-0.3, -0.25) is 0 Å². The van der Waals surface area contributed by atoms with Gasteiger partial charge in [0.1, 0.15) is 5.65 Å². The van der Waals surface area contributed by atoms with Crippen molar-refractivity contribution < 1.29 is 14.4 Å². The highest BCUT2D eigenvalue weighted by Gasteiger charge is 2.25. The molecular formula is C16H18N6O3. The molecule has 1 atom stereocenters. The molecule has 0 spiro atoms. The van der Waals surface area contributed by atoms with E-state index in [0.29, 0.717) is 24.8 Å². The molecule has 3 N–H and O–H groups in total. The van der Waals surface area contributed by atoms with E-state index in [0.717, 1.165) is 35.1 Å². The SMILES string of the molecule is Cc1nc(-c2cnc3[nH]ccc3c2NC2CCCN(C(=O)O)C2)no1. The number of anilines is 1. The van der Waals surface area contributed by atoms with Crippen LogP contribution in [0.2, 0.25) is 0 Å². The van der Waals surface area contributed by atoms with E-state index in [2.05, 4.69) is 25.4 Å². The number of fused-ring (bicyclic) bond motifs is 1. The van der Waals surface area contributed by atoms with E-state index in [4.69, 9.17) is 4.52 Å². The molecule has 3 aromatic rings. The summed E-state index contributed by atoms with van der Waals surface area (Å²) < 4.78 is 5.10. The summed E-state index contributed by atoms with van der Waals surface area (Å²) in [6.07, 6.45) is 4.34. The summed E-state index contributed by atoms with van der Waals surface area (Å²) >= 11 is 0. The van der Waals surface area contributed by atoms with Crippen molar-refractivity contribution in [3.05, 3.63) is 24.4 Å². The number of nitrogens with one attached hydrogen (secondary N) is 2. The van der Waals surface area contributed by atoms with Crippen LogP contribution in [0.1, 0.15) is 18.7 Å². The summed E-state index contributed by atoms with van der Waals surface area (Å²) in [4.78, 5) is 24.5. The van der Waals surface area contributed by atoms with E-state index in [9.17, 15) is 9.90 Å². The molecule has 1 aliphatic rings. The quantitative estimate of drug-likeness (QED) is 0.668. The van der Waals surface area contributed by atoms with Crippen LogP contribution in [-0.2, 0) is 0 Å². The topological polar surface area (TPSA) is 120 Å². The zero-order valence-corrected chi connectivity index (χ0v) is 13.7. The molecule has 1 aliphatic heterocycles. The minimum atomic E-state index is -0.887. The Hall–Kier alpha value is -3.10. The van der Waals surface area contributed by atoms with Crippen molar-refractivity contribution in [2.24, 2.45) is 0 Å². The minimum Gasteiger partial charge on any atom is -0.465 e. The van der Waals surface area contributed by atoms with Crippen LogP contribution in [0.25, 0.3) is 22.4 Å². The smallest absolute Gasteiger partial charge is 0.407 e. The number of H-pyrrole nitrogens is 1. The fourth-order valence-electron chi connectivity index (χ4n) is 3.21. The molecule has 1 unspecified atom stereocenters. The maximum Gasteiger partial charge on any atom is 0.407 e. The van der Waals surface area contributed by atoms with Gasteiger partial charge in [-0.1, -0.05) is 5.16 Å². The first kappa shape index (κ1) is 15.4. The van der Waals surface area contributed by atoms with Crippen LogP contribution in [0, 0.1) is 6.92 Å². The normalized spacial score (nSPS) is 17.8. The number of hydrogen-bond acceptors (Lipinski definition) is 6. The summed E-state index contributed by atoms with van der Waals surface area (Å²) in [6.45, 7) is 2.74. The predicted octanol–water partition coefficient (Wildman–Crippen LogP) is 2.48. The van der Waals surface area contributed by atoms with Gasteiger partial charge in [0.25, 0.3) is 0 Å². The van der Waals surface area contributed by atoms with Gasteiger partial charge >= 0.3 is 6.09 Å². The number of nitrogens with zero attached hydrogens (tertiary/aromatic N) is 4. The average molecular weight is 342 g/mol. The predicted molar refractivity (Wildman–Crippen MR) is 90.4 cm³/mol. The molecule has 0 saturated carbocycles. The summed E-state index contributed by atoms with van der Waals surface area (Å²) in [6, 6.07) is 1.94. The third-order valence-corrected chi connectivity index (χ3v) is 4.40. The Morgan fingerprint density at radius 3 is 3.16 bits per heavy atom. The molecule has 0 aromatic carbocycles. The molecule has 130 valence electrons. The average Bonchev–Trinajstić information content (AvgIpc) is 3.24. The van der Waals surface area contributed by atoms with Crippen LogP contribution in [0.3, 0.4) is 0 Å². The first-order valence-electron chi connectivity index (χ1n) is 8.13. The molecule has 1 fully saturated rings. The number of carbonyl (C=O) groups is 1. The van der Waals surface area contributed by atoms with Gasteiger partial charge < -0.3 is 24.8 Å². The number of aryl methyl sites for hydroxylation is 1. The van der Waals surface area contributed by atoms with Gasteiger partial charge in [-0.05, 0) is 18.9 Å². The molecule has 9 heteroatoms. The number of carboxylic acid groups (broad SMARTS) is 1. The van der Waals surface area contributed by atoms with Crippen molar-refractivity contribution >= 4 is 22.8 Å². The number of likely N-dealkylation sites (tertiary alicyclic amines) is 1. The maximum atomic E-state index is 11.3. The van der Waals surface area contributed by atoms with Crippen molar-refractivity contribution in [2.75, 3.05) is 18.4 Å². The van der Waals surface area contributed by atoms with Crippen LogP contribution >= 0.6 is 0 Å². The molecule has 0 aliphatic carbocycles. The second kappa shape index (κ2) is 6.08. The van der Waals surface area contributed by atoms with Gasteiger partial charge in [-0.15, -0.1) is 0 Å². The molecule has 4 heterocycles. The van der Waals surface area contributed by atoms with Crippen LogP contribution in [0.4, 0.5) is 10.5 Å². The third-order valence-electron chi connectivity index (χ3n) is 4.40. The van der Waals surface area contributed by atoms with Gasteiger partial charge in [0.05, 0.1) is 11.3 Å². The minimum absolute atomic E-state index is 0.0112. The molecule has 0 bridgehead atoms. The van der Waals surface area contributed by atoms with Gasteiger partial charge in [0.2, 0.25) is 11.7 Å². The van der Waals surface area contributed by atoms with Crippen LogP contribution in [-0.4, -0.2) is 55.3 Å². The van der Waals surface area contributed by atoms with Gasteiger partial charge in [0, 0.05) is 43.8 Å². The Bertz CT molecular complexity index is 918. The van der Waals surface area contributed by atoms with Crippen LogP contribution < -0.4 is 5.32 Å². The number of hydrogen-bond donors (Lipinski definition) is 3. The first-order chi connectivity index (χ1) is 12.1. The lowest BCUT2D eigenvalue weighted by molar-refractivity contribution is 0.133. The van der Waals surface area contributed by atoms with E-state index in [1.165, 1.54) is 4.90 Å². The largest absolute Gasteiger partial charge is 0.465 e. The van der Waals surface area contributed by atoms with E-state index in [1.807, 2.05) is 12.3 Å². The molecule has 25 heavy (non-hydrogen) atoms. The van der Waals surface area contributed by atoms with E-state index in [1.54, 1.807) is 13.1 Å². The molecule has 0 radical (unpaired) electrons. The Kier molecular flexibility index (Phi) is 3.75. The standard InChI is InChI=1S/C16H18N6O3/c1-9-19-15(21-25-9)12-7-18-14-11(4-5-17-14)13(12)20-10-3-2-6-22(8-10)16(23)24/h4-5,7,10H,2-3,6,8H2,1H3,(H,23,24)(H2,17,18,20). The lowest BCUT2D eigenvalue weighted by Crippen LogP contribution is -2.44. The lowest BCUT2D eigenvalue weighted by Gasteiger charge is -2.32. The summed E-state index contributed by atoms with van der Waals surface area (Å²) in [5.74, 6) is 0.936. The Labute approximate surface area is 143 Å². The Morgan fingerprint density at radius 2 is 2.40 bits per heavy atom. The van der Waals surface area contributed by atoms with Gasteiger partial charge in [-0.25, -0.2) is 9.78 Å². The summed E-state index contributed by atoms with van der Waals surface area (Å²) in [5, 5.41) is 17.6. The Balaban J connectivity index is 1.72. The fraction of sp³-hybridized carbons (Fsp3) is 0.375. The van der Waals surface area contributed by atoms with Crippen molar-refractivity contribution in [3.63, 3.8) is 0 Å². The van der Waals surface area contributed by atoms with Gasteiger partial charge in [0.15, 0.2) is 0 Å². The number of rotatable bonds is 3. The zero-order chi connectivity index (χ0) is 17.4. The Morgan fingerprint density at radius 1 is 1.52 bits per heavy atom. The van der Waals surface area contributed by atoms with Crippen molar-refractivity contribution in [2.45, 2.75) is 25.8 Å². The third kappa shape index (κ3) is 2.88. The zero-order valence-electron chi connectivity index (χ0n) is 13.7. The highest BCUT2D eigenvalue weighted by Crippen LogP contribution is 2.33. The monoisotopic (exact) mass is 342 g/mol. The van der Waals surface area contributed by atoms with Crippen molar-refractivity contribution in [1.82, 2.24) is 25.0 Å². The van der Waals surface area contributed by atoms with Crippen LogP contribution in [0.15, 0.2) is 23.0 Å². The van der Waals surface area contributed by atoms with E-state index < -0.39 is 6.09 Å². The number of aromatic nitrogens is 4. The van der Waals surface area contributed by atoms with Crippen LogP contribution in [0.5, 0.6) is 0 Å². The fourth-order valence-corrected chi connectivity index (χ4v) is 3.21. The molecule has 3 aromatic heterocycles. The highest BCUT2D eigenvalue weighted by molar-refractivity contribution is 5.97. The highest BCUT2D eigenvalue weighted by atomic mass is 16.5. The molecule has 1 saturated heterocycles. The van der Waals surface area contributed by atoms with E-state index >= 15 is 0 Å². The number of amides is 1. The molecular weight excluding hydrogens is 324 g/mol. The van der Waals surface area contributed by atoms with Crippen molar-refractivity contribution in [3.8, 4) is 11.4 Å². The van der Waals surface area contributed by atoms with Crippen molar-refractivity contribution in [1.29, 1.82) is 0 Å². The summed E-state index contributed by atoms with van der Waals surface area (Å²) in [5.41, 5.74) is 2.32. The number of aromatic amines is 1. The molecule has 9 nitrogen and oxygen atoms in total. The molecule has 1 amide bonds. The second-order valence-corrected chi connectivity index (χ2v) is 6.14. The van der Waals surface area contributed by atoms with E-state index in [-0.39, 0.29) is 6.04 Å². The number of pyridine rings is 1. The second-order valence-electron chi connectivity index (χ2n) is 6.14.